The SMILES string of the molecule is O=C1OC(=Cc2cccc(OCc3ccccc3)c2)C(O)=C1c1cc(Cl)cc(Cl)c1. The van der Waals surface area contributed by atoms with Crippen molar-refractivity contribution in [2.24, 2.45) is 0 Å². The number of rotatable bonds is 5. The Balaban J connectivity index is 1.59. The van der Waals surface area contributed by atoms with E-state index in [0.29, 0.717) is 33.5 Å². The fourth-order valence-corrected chi connectivity index (χ4v) is 3.58. The van der Waals surface area contributed by atoms with Gasteiger partial charge in [-0.3, -0.25) is 0 Å². The minimum atomic E-state index is -0.673. The highest BCUT2D eigenvalue weighted by molar-refractivity contribution is 6.35. The van der Waals surface area contributed by atoms with Crippen LogP contribution < -0.4 is 4.74 Å². The summed E-state index contributed by atoms with van der Waals surface area (Å²) >= 11 is 12.0. The van der Waals surface area contributed by atoms with Gasteiger partial charge in [0.25, 0.3) is 0 Å². The number of cyclic esters (lactones) is 1. The van der Waals surface area contributed by atoms with E-state index in [4.69, 9.17) is 32.7 Å². The predicted molar refractivity (Wildman–Crippen MR) is 117 cm³/mol. The topological polar surface area (TPSA) is 55.8 Å². The van der Waals surface area contributed by atoms with Crippen molar-refractivity contribution in [1.82, 2.24) is 0 Å². The van der Waals surface area contributed by atoms with E-state index >= 15 is 0 Å². The average Bonchev–Trinajstić information content (AvgIpc) is 3.00. The molecule has 0 saturated heterocycles. The monoisotopic (exact) mass is 438 g/mol. The van der Waals surface area contributed by atoms with Crippen LogP contribution >= 0.6 is 23.2 Å². The molecule has 0 spiro atoms. The molecule has 1 aliphatic heterocycles. The summed E-state index contributed by atoms with van der Waals surface area (Å²) in [5, 5.41) is 11.3. The van der Waals surface area contributed by atoms with Crippen LogP contribution in [-0.2, 0) is 16.1 Å². The summed E-state index contributed by atoms with van der Waals surface area (Å²) in [5.74, 6) is -0.239. The molecule has 1 heterocycles. The van der Waals surface area contributed by atoms with Gasteiger partial charge in [-0.1, -0.05) is 65.7 Å². The number of aliphatic hydroxyl groups is 1. The van der Waals surface area contributed by atoms with Crippen molar-refractivity contribution in [2.45, 2.75) is 6.61 Å². The van der Waals surface area contributed by atoms with E-state index in [9.17, 15) is 9.90 Å². The maximum atomic E-state index is 12.3. The first-order valence-corrected chi connectivity index (χ1v) is 9.86. The highest BCUT2D eigenvalue weighted by Crippen LogP contribution is 2.35. The fraction of sp³-hybridized carbons (Fsp3) is 0.0417. The first-order valence-electron chi connectivity index (χ1n) is 9.10. The number of esters is 1. The normalized spacial score (nSPS) is 14.9. The van der Waals surface area contributed by atoms with Gasteiger partial charge in [0.05, 0.1) is 0 Å². The van der Waals surface area contributed by atoms with Gasteiger partial charge in [0.1, 0.15) is 17.9 Å². The van der Waals surface area contributed by atoms with E-state index in [1.165, 1.54) is 0 Å². The molecule has 0 saturated carbocycles. The number of ether oxygens (including phenoxy) is 2. The van der Waals surface area contributed by atoms with Gasteiger partial charge < -0.3 is 14.6 Å². The van der Waals surface area contributed by atoms with E-state index in [1.807, 2.05) is 48.5 Å². The number of benzene rings is 3. The Morgan fingerprint density at radius 2 is 1.67 bits per heavy atom. The Hall–Kier alpha value is -3.21. The third-order valence-corrected chi connectivity index (χ3v) is 4.87. The van der Waals surface area contributed by atoms with Crippen LogP contribution in [0.25, 0.3) is 11.6 Å². The van der Waals surface area contributed by atoms with Crippen LogP contribution in [-0.4, -0.2) is 11.1 Å². The van der Waals surface area contributed by atoms with Crippen LogP contribution in [0, 0.1) is 0 Å². The lowest BCUT2D eigenvalue weighted by molar-refractivity contribution is -0.131. The molecular weight excluding hydrogens is 423 g/mol. The zero-order valence-electron chi connectivity index (χ0n) is 15.6. The Morgan fingerprint density at radius 3 is 2.40 bits per heavy atom. The number of aliphatic hydroxyl groups excluding tert-OH is 1. The number of hydrogen-bond donors (Lipinski definition) is 1. The van der Waals surface area contributed by atoms with Gasteiger partial charge in [0.15, 0.2) is 11.5 Å². The fourth-order valence-electron chi connectivity index (χ4n) is 3.06. The Labute approximate surface area is 183 Å². The van der Waals surface area contributed by atoms with E-state index in [2.05, 4.69) is 0 Å². The summed E-state index contributed by atoms with van der Waals surface area (Å²) in [5.41, 5.74) is 2.16. The van der Waals surface area contributed by atoms with E-state index < -0.39 is 5.97 Å². The first kappa shape index (κ1) is 20.1. The van der Waals surface area contributed by atoms with E-state index in [0.717, 1.165) is 5.56 Å². The quantitative estimate of drug-likeness (QED) is 0.465. The molecule has 6 heteroatoms. The van der Waals surface area contributed by atoms with Gasteiger partial charge in [-0.2, -0.15) is 0 Å². The van der Waals surface area contributed by atoms with Gasteiger partial charge >= 0.3 is 5.97 Å². The summed E-state index contributed by atoms with van der Waals surface area (Å²) in [6, 6.07) is 21.7. The molecule has 3 aromatic carbocycles. The van der Waals surface area contributed by atoms with Gasteiger partial charge in [0.2, 0.25) is 0 Å². The molecule has 0 aromatic heterocycles. The standard InChI is InChI=1S/C24H16Cl2O4/c25-18-11-17(12-19(26)13-18)22-23(27)21(30-24(22)28)10-16-7-4-8-20(9-16)29-14-15-5-2-1-3-6-15/h1-13,27H,14H2. The van der Waals surface area contributed by atoms with Crippen molar-refractivity contribution in [3.05, 3.63) is 111 Å². The zero-order valence-corrected chi connectivity index (χ0v) is 17.2. The van der Waals surface area contributed by atoms with Gasteiger partial charge in [0, 0.05) is 10.0 Å². The molecule has 3 aromatic rings. The molecule has 0 unspecified atom stereocenters. The smallest absolute Gasteiger partial charge is 0.348 e. The summed E-state index contributed by atoms with van der Waals surface area (Å²) in [6.07, 6.45) is 1.57. The average molecular weight is 439 g/mol. The van der Waals surface area contributed by atoms with Gasteiger partial charge in [-0.25, -0.2) is 4.79 Å². The Bertz CT molecular complexity index is 1150. The van der Waals surface area contributed by atoms with Crippen LogP contribution in [0.3, 0.4) is 0 Å². The summed E-state index contributed by atoms with van der Waals surface area (Å²) < 4.78 is 11.1. The van der Waals surface area contributed by atoms with Crippen molar-refractivity contribution >= 4 is 40.8 Å². The predicted octanol–water partition coefficient (Wildman–Crippen LogP) is 6.44. The van der Waals surface area contributed by atoms with Crippen LogP contribution in [0.1, 0.15) is 16.7 Å². The van der Waals surface area contributed by atoms with Crippen LogP contribution in [0.4, 0.5) is 0 Å². The minimum Gasteiger partial charge on any atom is -0.504 e. The zero-order chi connectivity index (χ0) is 21.1. The van der Waals surface area contributed by atoms with Crippen LogP contribution in [0.15, 0.2) is 84.3 Å². The number of hydrogen-bond acceptors (Lipinski definition) is 4. The second-order valence-corrected chi connectivity index (χ2v) is 7.50. The molecule has 1 aliphatic rings. The van der Waals surface area contributed by atoms with Gasteiger partial charge in [-0.05, 0) is 53.1 Å². The molecular formula is C24H16Cl2O4. The number of carbonyl (C=O) groups is 1. The van der Waals surface area contributed by atoms with Crippen molar-refractivity contribution in [2.75, 3.05) is 0 Å². The van der Waals surface area contributed by atoms with E-state index in [1.54, 1.807) is 30.3 Å². The molecule has 4 nitrogen and oxygen atoms in total. The second-order valence-electron chi connectivity index (χ2n) is 6.63. The van der Waals surface area contributed by atoms with Crippen LogP contribution in [0.5, 0.6) is 5.75 Å². The molecule has 4 rings (SSSR count). The molecule has 30 heavy (non-hydrogen) atoms. The van der Waals surface area contributed by atoms with E-state index in [-0.39, 0.29) is 17.1 Å². The molecule has 0 fully saturated rings. The first-order chi connectivity index (χ1) is 14.5. The van der Waals surface area contributed by atoms with Crippen molar-refractivity contribution in [3.63, 3.8) is 0 Å². The third kappa shape index (κ3) is 4.51. The number of halogens is 2. The Kier molecular flexibility index (Phi) is 5.79. The highest BCUT2D eigenvalue weighted by atomic mass is 35.5. The lowest BCUT2D eigenvalue weighted by Crippen LogP contribution is -1.98. The largest absolute Gasteiger partial charge is 0.504 e. The highest BCUT2D eigenvalue weighted by Gasteiger charge is 2.31. The molecule has 0 atom stereocenters. The molecule has 150 valence electrons. The van der Waals surface area contributed by atoms with Crippen molar-refractivity contribution in [3.8, 4) is 5.75 Å². The lowest BCUT2D eigenvalue weighted by atomic mass is 10.1. The Morgan fingerprint density at radius 1 is 0.933 bits per heavy atom. The molecule has 0 radical (unpaired) electrons. The molecule has 0 bridgehead atoms. The van der Waals surface area contributed by atoms with Crippen molar-refractivity contribution < 1.29 is 19.4 Å². The maximum Gasteiger partial charge on any atom is 0.348 e. The molecule has 0 aliphatic carbocycles. The lowest BCUT2D eigenvalue weighted by Gasteiger charge is -2.07. The molecule has 0 amide bonds. The van der Waals surface area contributed by atoms with Crippen LogP contribution in [0.2, 0.25) is 10.0 Å². The summed E-state index contributed by atoms with van der Waals surface area (Å²) in [6.45, 7) is 0.431. The maximum absolute atomic E-state index is 12.3. The third-order valence-electron chi connectivity index (χ3n) is 4.43. The molecule has 1 N–H and O–H groups in total. The second kappa shape index (κ2) is 8.66. The number of carbonyl (C=O) groups excluding carboxylic acids is 1. The van der Waals surface area contributed by atoms with Crippen molar-refractivity contribution in [1.29, 1.82) is 0 Å². The summed E-state index contributed by atoms with van der Waals surface area (Å²) in [7, 11) is 0. The van der Waals surface area contributed by atoms with Gasteiger partial charge in [-0.15, -0.1) is 0 Å². The minimum absolute atomic E-state index is 0.0159. The summed E-state index contributed by atoms with van der Waals surface area (Å²) in [4.78, 5) is 12.3.